The van der Waals surface area contributed by atoms with Gasteiger partial charge in [-0.25, -0.2) is 14.4 Å². The Labute approximate surface area is 163 Å². The molecule has 0 atom stereocenters. The van der Waals surface area contributed by atoms with Crippen LogP contribution >= 0.6 is 0 Å². The maximum atomic E-state index is 14.1. The molecular formula is C23H22FN3O. The number of pyridine rings is 1. The number of aromatic amines is 1. The first kappa shape index (κ1) is 18.2. The summed E-state index contributed by atoms with van der Waals surface area (Å²) >= 11 is 0. The maximum Gasteiger partial charge on any atom is 0.157 e. The Bertz CT molecular complexity index is 1100. The highest BCUT2D eigenvalue weighted by Gasteiger charge is 2.11. The van der Waals surface area contributed by atoms with E-state index in [9.17, 15) is 4.39 Å². The molecule has 0 aliphatic rings. The number of hydrogen-bond donors (Lipinski definition) is 1. The van der Waals surface area contributed by atoms with E-state index in [0.29, 0.717) is 40.6 Å². The average Bonchev–Trinajstić information content (AvgIpc) is 3.12. The van der Waals surface area contributed by atoms with E-state index in [4.69, 9.17) is 4.74 Å². The summed E-state index contributed by atoms with van der Waals surface area (Å²) in [5.41, 5.74) is 3.51. The van der Waals surface area contributed by atoms with Crippen LogP contribution in [-0.4, -0.2) is 21.6 Å². The Balaban J connectivity index is 1.62. The summed E-state index contributed by atoms with van der Waals surface area (Å²) in [5, 5.41) is 0. The average molecular weight is 375 g/mol. The Kier molecular flexibility index (Phi) is 5.06. The highest BCUT2D eigenvalue weighted by Crippen LogP contribution is 2.27. The van der Waals surface area contributed by atoms with Crippen molar-refractivity contribution < 1.29 is 9.13 Å². The van der Waals surface area contributed by atoms with E-state index < -0.39 is 0 Å². The number of ether oxygens (including phenoxy) is 1. The number of imidazole rings is 1. The number of fused-ring (bicyclic) bond motifs is 1. The van der Waals surface area contributed by atoms with Crippen LogP contribution in [0.3, 0.4) is 0 Å². The minimum absolute atomic E-state index is 0.273. The summed E-state index contributed by atoms with van der Waals surface area (Å²) in [6, 6.07) is 16.4. The number of H-pyrrole nitrogens is 1. The van der Waals surface area contributed by atoms with Crippen molar-refractivity contribution in [3.05, 3.63) is 66.6 Å². The van der Waals surface area contributed by atoms with Crippen LogP contribution in [0.25, 0.3) is 33.7 Å². The molecule has 0 saturated heterocycles. The Morgan fingerprint density at radius 1 is 1.04 bits per heavy atom. The van der Waals surface area contributed by atoms with Crippen LogP contribution in [0, 0.1) is 11.7 Å². The standard InChI is InChI=1S/C23H22FN3O/c1-15(2)10-11-28-18-7-5-6-16(12-18)22-26-21-13-17(14-25-23(21)27-22)19-8-3-4-9-20(19)24/h3-9,12-15H,10-11H2,1-2H3,(H,25,26,27). The normalized spacial score (nSPS) is 11.3. The molecule has 142 valence electrons. The van der Waals surface area contributed by atoms with Gasteiger partial charge < -0.3 is 9.72 Å². The number of hydrogen-bond acceptors (Lipinski definition) is 3. The second-order valence-corrected chi connectivity index (χ2v) is 7.22. The van der Waals surface area contributed by atoms with Gasteiger partial charge in [0.1, 0.15) is 22.9 Å². The molecule has 0 fully saturated rings. The molecule has 28 heavy (non-hydrogen) atoms. The lowest BCUT2D eigenvalue weighted by Gasteiger charge is -2.08. The van der Waals surface area contributed by atoms with Crippen molar-refractivity contribution in [2.75, 3.05) is 6.61 Å². The third-order valence-electron chi connectivity index (χ3n) is 4.59. The molecule has 4 rings (SSSR count). The number of benzene rings is 2. The third kappa shape index (κ3) is 3.88. The fraction of sp³-hybridized carbons (Fsp3) is 0.217. The fourth-order valence-electron chi connectivity index (χ4n) is 3.02. The van der Waals surface area contributed by atoms with Gasteiger partial charge in [0.25, 0.3) is 0 Å². The second-order valence-electron chi connectivity index (χ2n) is 7.22. The zero-order valence-electron chi connectivity index (χ0n) is 15.9. The van der Waals surface area contributed by atoms with Gasteiger partial charge in [0.2, 0.25) is 0 Å². The monoisotopic (exact) mass is 375 g/mol. The van der Waals surface area contributed by atoms with Crippen molar-refractivity contribution in [1.82, 2.24) is 15.0 Å². The minimum atomic E-state index is -0.273. The van der Waals surface area contributed by atoms with E-state index in [2.05, 4.69) is 28.8 Å². The Morgan fingerprint density at radius 2 is 1.89 bits per heavy atom. The van der Waals surface area contributed by atoms with Crippen molar-refractivity contribution in [2.45, 2.75) is 20.3 Å². The van der Waals surface area contributed by atoms with Gasteiger partial charge in [0.15, 0.2) is 5.65 Å². The predicted octanol–water partition coefficient (Wildman–Crippen LogP) is 5.86. The van der Waals surface area contributed by atoms with Crippen molar-refractivity contribution in [3.63, 3.8) is 0 Å². The lowest BCUT2D eigenvalue weighted by molar-refractivity contribution is 0.289. The molecule has 4 aromatic rings. The molecule has 2 aromatic heterocycles. The number of halogens is 1. The van der Waals surface area contributed by atoms with Crippen molar-refractivity contribution in [2.24, 2.45) is 5.92 Å². The van der Waals surface area contributed by atoms with Gasteiger partial charge >= 0.3 is 0 Å². The number of nitrogens with zero attached hydrogens (tertiary/aromatic N) is 2. The Morgan fingerprint density at radius 3 is 2.71 bits per heavy atom. The summed E-state index contributed by atoms with van der Waals surface area (Å²) in [4.78, 5) is 12.3. The zero-order valence-corrected chi connectivity index (χ0v) is 15.9. The molecule has 0 bridgehead atoms. The lowest BCUT2D eigenvalue weighted by Crippen LogP contribution is -2.01. The summed E-state index contributed by atoms with van der Waals surface area (Å²) in [6.07, 6.45) is 2.67. The van der Waals surface area contributed by atoms with Crippen molar-refractivity contribution in [1.29, 1.82) is 0 Å². The molecule has 2 aromatic carbocycles. The summed E-state index contributed by atoms with van der Waals surface area (Å²) in [5.74, 6) is 1.86. The van der Waals surface area contributed by atoms with Gasteiger partial charge in [0, 0.05) is 22.9 Å². The molecule has 0 spiro atoms. The minimum Gasteiger partial charge on any atom is -0.494 e. The molecule has 0 aliphatic carbocycles. The summed E-state index contributed by atoms with van der Waals surface area (Å²) in [7, 11) is 0. The fourth-order valence-corrected chi connectivity index (χ4v) is 3.02. The maximum absolute atomic E-state index is 14.1. The molecule has 0 aliphatic heterocycles. The molecule has 1 N–H and O–H groups in total. The zero-order chi connectivity index (χ0) is 19.5. The number of nitrogens with one attached hydrogen (secondary N) is 1. The van der Waals surface area contributed by atoms with E-state index in [0.717, 1.165) is 17.7 Å². The molecule has 2 heterocycles. The quantitative estimate of drug-likeness (QED) is 0.459. The molecular weight excluding hydrogens is 353 g/mol. The van der Waals surface area contributed by atoms with E-state index in [-0.39, 0.29) is 5.82 Å². The summed E-state index contributed by atoms with van der Waals surface area (Å²) < 4.78 is 19.9. The van der Waals surface area contributed by atoms with Crippen LogP contribution in [0.5, 0.6) is 5.75 Å². The molecule has 0 radical (unpaired) electrons. The third-order valence-corrected chi connectivity index (χ3v) is 4.59. The second kappa shape index (κ2) is 7.80. The van der Waals surface area contributed by atoms with E-state index in [1.807, 2.05) is 36.4 Å². The largest absolute Gasteiger partial charge is 0.494 e. The van der Waals surface area contributed by atoms with E-state index >= 15 is 0 Å². The van der Waals surface area contributed by atoms with Gasteiger partial charge in [-0.05, 0) is 36.6 Å². The molecule has 0 unspecified atom stereocenters. The van der Waals surface area contributed by atoms with Gasteiger partial charge in [-0.1, -0.05) is 44.2 Å². The molecule has 4 nitrogen and oxygen atoms in total. The van der Waals surface area contributed by atoms with Crippen LogP contribution in [0.2, 0.25) is 0 Å². The van der Waals surface area contributed by atoms with Gasteiger partial charge in [-0.3, -0.25) is 0 Å². The smallest absolute Gasteiger partial charge is 0.157 e. The number of aromatic nitrogens is 3. The molecule has 0 saturated carbocycles. The topological polar surface area (TPSA) is 50.8 Å². The lowest BCUT2D eigenvalue weighted by atomic mass is 10.1. The van der Waals surface area contributed by atoms with Crippen molar-refractivity contribution >= 4 is 11.2 Å². The van der Waals surface area contributed by atoms with Crippen LogP contribution in [-0.2, 0) is 0 Å². The highest BCUT2D eigenvalue weighted by molar-refractivity contribution is 5.81. The SMILES string of the molecule is CC(C)CCOc1cccc(-c2nc3cc(-c4ccccc4F)cnc3[nH]2)c1. The van der Waals surface area contributed by atoms with Gasteiger partial charge in [-0.15, -0.1) is 0 Å². The molecule has 5 heteroatoms. The first-order valence-electron chi connectivity index (χ1n) is 9.44. The predicted molar refractivity (Wildman–Crippen MR) is 110 cm³/mol. The van der Waals surface area contributed by atoms with Crippen LogP contribution in [0.4, 0.5) is 4.39 Å². The van der Waals surface area contributed by atoms with E-state index in [1.54, 1.807) is 18.3 Å². The van der Waals surface area contributed by atoms with Crippen LogP contribution in [0.15, 0.2) is 60.8 Å². The van der Waals surface area contributed by atoms with Gasteiger partial charge in [-0.2, -0.15) is 0 Å². The van der Waals surface area contributed by atoms with Crippen LogP contribution < -0.4 is 4.74 Å². The first-order valence-corrected chi connectivity index (χ1v) is 9.44. The summed E-state index contributed by atoms with van der Waals surface area (Å²) in [6.45, 7) is 5.04. The molecule has 0 amide bonds. The highest BCUT2D eigenvalue weighted by atomic mass is 19.1. The first-order chi connectivity index (χ1) is 13.6. The number of rotatable bonds is 6. The van der Waals surface area contributed by atoms with Crippen molar-refractivity contribution in [3.8, 4) is 28.3 Å². The van der Waals surface area contributed by atoms with Crippen LogP contribution in [0.1, 0.15) is 20.3 Å². The van der Waals surface area contributed by atoms with E-state index in [1.165, 1.54) is 6.07 Å². The Hall–Kier alpha value is -3.21. The van der Waals surface area contributed by atoms with Gasteiger partial charge in [0.05, 0.1) is 6.61 Å².